The minimum absolute atomic E-state index is 0.237. The fourth-order valence-electron chi connectivity index (χ4n) is 2.46. The van der Waals surface area contributed by atoms with Crippen LogP contribution < -0.4 is 10.1 Å². The fourth-order valence-corrected chi connectivity index (χ4v) is 6.29. The van der Waals surface area contributed by atoms with Crippen LogP contribution >= 0.6 is 90.4 Å². The number of carbonyl (C=O) groups is 2. The first-order valence-corrected chi connectivity index (χ1v) is 12.7. The van der Waals surface area contributed by atoms with Crippen molar-refractivity contribution in [1.29, 1.82) is 0 Å². The van der Waals surface area contributed by atoms with Gasteiger partial charge in [-0.1, -0.05) is 0 Å². The third-order valence-electron chi connectivity index (χ3n) is 3.66. The third kappa shape index (κ3) is 7.22. The molecule has 2 aromatic rings. The van der Waals surface area contributed by atoms with Crippen LogP contribution in [0.15, 0.2) is 24.3 Å². The largest absolute Gasteiger partial charge is 0.506 e. The van der Waals surface area contributed by atoms with Crippen LogP contribution in [0.25, 0.3) is 0 Å². The van der Waals surface area contributed by atoms with Gasteiger partial charge in [-0.2, -0.15) is 0 Å². The second-order valence-electron chi connectivity index (χ2n) is 5.94. The maximum Gasteiger partial charge on any atom is 0.328 e. The lowest BCUT2D eigenvalue weighted by Crippen LogP contribution is -2.42. The Bertz CT molecular complexity index is 889. The number of nitrogens with one attached hydrogen (secondary N) is 1. The smallest absolute Gasteiger partial charge is 0.328 e. The van der Waals surface area contributed by atoms with Gasteiger partial charge in [0.15, 0.2) is 5.75 Å². The maximum atomic E-state index is 12.2. The SMILES string of the molecule is CCOC(=O)[C@@H](Cc1cc(I)c(Oc2cc(I)c(O)c(I)c2)c(I)c1)NC(C)=O. The van der Waals surface area contributed by atoms with Gasteiger partial charge in [0.2, 0.25) is 5.91 Å². The number of aromatic hydroxyl groups is 1. The van der Waals surface area contributed by atoms with Crippen molar-refractivity contribution in [2.75, 3.05) is 6.61 Å². The van der Waals surface area contributed by atoms with E-state index in [4.69, 9.17) is 9.47 Å². The van der Waals surface area contributed by atoms with E-state index in [1.807, 2.05) is 12.1 Å². The van der Waals surface area contributed by atoms with E-state index in [9.17, 15) is 14.7 Å². The van der Waals surface area contributed by atoms with E-state index < -0.39 is 12.0 Å². The summed E-state index contributed by atoms with van der Waals surface area (Å²) in [6.07, 6.45) is 0.319. The highest BCUT2D eigenvalue weighted by Gasteiger charge is 2.22. The highest BCUT2D eigenvalue weighted by molar-refractivity contribution is 14.1. The zero-order valence-corrected chi connectivity index (χ0v) is 24.0. The Morgan fingerprint density at radius 3 is 2.07 bits per heavy atom. The van der Waals surface area contributed by atoms with Crippen molar-refractivity contribution in [2.24, 2.45) is 0 Å². The van der Waals surface area contributed by atoms with Crippen molar-refractivity contribution in [1.82, 2.24) is 5.32 Å². The molecule has 0 saturated carbocycles. The molecule has 156 valence electrons. The van der Waals surface area contributed by atoms with E-state index in [-0.39, 0.29) is 18.3 Å². The molecule has 0 bridgehead atoms. The second kappa shape index (κ2) is 11.5. The van der Waals surface area contributed by atoms with Crippen LogP contribution in [0.3, 0.4) is 0 Å². The summed E-state index contributed by atoms with van der Waals surface area (Å²) >= 11 is 8.48. The van der Waals surface area contributed by atoms with Gasteiger partial charge in [-0.05, 0) is 127 Å². The lowest BCUT2D eigenvalue weighted by atomic mass is 10.1. The second-order valence-corrected chi connectivity index (χ2v) is 10.6. The molecule has 2 rings (SSSR count). The average Bonchev–Trinajstić information content (AvgIpc) is 2.62. The minimum atomic E-state index is -0.744. The summed E-state index contributed by atoms with van der Waals surface area (Å²) in [5.74, 6) is 0.814. The lowest BCUT2D eigenvalue weighted by molar-refractivity contribution is -0.147. The van der Waals surface area contributed by atoms with Crippen LogP contribution in [0.1, 0.15) is 19.4 Å². The summed E-state index contributed by atoms with van der Waals surface area (Å²) in [7, 11) is 0. The number of carbonyl (C=O) groups excluding carboxylic acids is 2. The Morgan fingerprint density at radius 2 is 1.59 bits per heavy atom. The van der Waals surface area contributed by atoms with Crippen molar-refractivity contribution < 1.29 is 24.2 Å². The van der Waals surface area contributed by atoms with E-state index in [2.05, 4.69) is 95.7 Å². The first kappa shape index (κ1) is 25.2. The molecule has 0 radical (unpaired) electrons. The Hall–Kier alpha value is -0.100. The number of amides is 1. The van der Waals surface area contributed by atoms with Gasteiger partial charge in [-0.3, -0.25) is 4.79 Å². The quantitative estimate of drug-likeness (QED) is 0.296. The van der Waals surface area contributed by atoms with Crippen LogP contribution in [-0.2, 0) is 20.7 Å². The molecule has 0 aliphatic carbocycles. The van der Waals surface area contributed by atoms with Gasteiger partial charge in [0, 0.05) is 13.3 Å². The van der Waals surface area contributed by atoms with Gasteiger partial charge in [0.25, 0.3) is 0 Å². The summed E-state index contributed by atoms with van der Waals surface area (Å²) in [6.45, 7) is 3.35. The Kier molecular flexibility index (Phi) is 9.98. The molecule has 0 heterocycles. The molecule has 29 heavy (non-hydrogen) atoms. The van der Waals surface area contributed by atoms with Crippen LogP contribution in [0, 0.1) is 14.3 Å². The lowest BCUT2D eigenvalue weighted by Gasteiger charge is -2.18. The first-order chi connectivity index (χ1) is 13.6. The molecule has 0 aromatic heterocycles. The summed E-state index contributed by atoms with van der Waals surface area (Å²) in [6, 6.07) is 6.63. The van der Waals surface area contributed by atoms with Crippen molar-refractivity contribution in [3.63, 3.8) is 0 Å². The number of esters is 1. The van der Waals surface area contributed by atoms with Crippen molar-refractivity contribution in [3.05, 3.63) is 44.1 Å². The predicted octanol–water partition coefficient (Wildman–Crippen LogP) is 5.21. The van der Waals surface area contributed by atoms with Crippen molar-refractivity contribution in [2.45, 2.75) is 26.3 Å². The van der Waals surface area contributed by atoms with Crippen molar-refractivity contribution >= 4 is 102 Å². The number of hydrogen-bond donors (Lipinski definition) is 2. The summed E-state index contributed by atoms with van der Waals surface area (Å²) in [5, 5.41) is 12.6. The number of rotatable bonds is 7. The molecule has 0 unspecified atom stereocenters. The topological polar surface area (TPSA) is 84.9 Å². The molecule has 1 atom stereocenters. The zero-order chi connectivity index (χ0) is 21.7. The monoisotopic (exact) mass is 847 g/mol. The molecule has 0 saturated heterocycles. The van der Waals surface area contributed by atoms with E-state index in [0.29, 0.717) is 25.1 Å². The first-order valence-electron chi connectivity index (χ1n) is 8.39. The molecular weight excluding hydrogens is 830 g/mol. The fraction of sp³-hybridized carbons (Fsp3) is 0.263. The van der Waals surface area contributed by atoms with E-state index in [1.54, 1.807) is 19.1 Å². The predicted molar refractivity (Wildman–Crippen MR) is 143 cm³/mol. The molecule has 0 aliphatic rings. The van der Waals surface area contributed by atoms with E-state index in [0.717, 1.165) is 12.7 Å². The molecule has 2 aromatic carbocycles. The number of halogens is 4. The van der Waals surface area contributed by atoms with Crippen LogP contribution in [0.4, 0.5) is 0 Å². The Balaban J connectivity index is 2.28. The zero-order valence-electron chi connectivity index (χ0n) is 15.4. The number of ether oxygens (including phenoxy) is 2. The summed E-state index contributed by atoms with van der Waals surface area (Å²) in [4.78, 5) is 23.6. The molecular formula is C19H17I4NO5. The van der Waals surface area contributed by atoms with E-state index in [1.165, 1.54) is 6.92 Å². The number of phenolic OH excluding ortho intramolecular Hbond substituents is 1. The maximum absolute atomic E-state index is 12.2. The summed E-state index contributed by atoms with van der Waals surface area (Å²) < 4.78 is 14.3. The Morgan fingerprint density at radius 1 is 1.03 bits per heavy atom. The third-order valence-corrected chi connectivity index (χ3v) is 6.90. The highest BCUT2D eigenvalue weighted by Crippen LogP contribution is 2.37. The van der Waals surface area contributed by atoms with Crippen LogP contribution in [0.2, 0.25) is 0 Å². The molecule has 6 nitrogen and oxygen atoms in total. The summed E-state index contributed by atoms with van der Waals surface area (Å²) in [5.41, 5.74) is 0.882. The van der Waals surface area contributed by atoms with Gasteiger partial charge in [-0.25, -0.2) is 4.79 Å². The standard InChI is InChI=1S/C19H17I4NO5/c1-3-28-19(27)16(24-9(2)25)6-10-4-14(22)18(15(23)5-10)29-11-7-12(20)17(26)13(21)8-11/h4-5,7-8,16,26H,3,6H2,1-2H3,(H,24,25)/t16-/m1/s1. The van der Waals surface area contributed by atoms with Gasteiger partial charge in [0.05, 0.1) is 20.9 Å². The van der Waals surface area contributed by atoms with Crippen molar-refractivity contribution in [3.8, 4) is 17.2 Å². The van der Waals surface area contributed by atoms with Crippen LogP contribution in [0.5, 0.6) is 17.2 Å². The number of benzene rings is 2. The molecule has 2 N–H and O–H groups in total. The van der Waals surface area contributed by atoms with Gasteiger partial charge >= 0.3 is 5.97 Å². The van der Waals surface area contributed by atoms with E-state index >= 15 is 0 Å². The average molecular weight is 847 g/mol. The Labute approximate surface area is 223 Å². The number of hydrogen-bond acceptors (Lipinski definition) is 5. The van der Waals surface area contributed by atoms with Gasteiger partial charge in [0.1, 0.15) is 17.5 Å². The minimum Gasteiger partial charge on any atom is -0.506 e. The molecule has 10 heteroatoms. The van der Waals surface area contributed by atoms with Gasteiger partial charge in [-0.15, -0.1) is 0 Å². The highest BCUT2D eigenvalue weighted by atomic mass is 127. The molecule has 0 fully saturated rings. The molecule has 0 aliphatic heterocycles. The van der Waals surface area contributed by atoms with Gasteiger partial charge < -0.3 is 19.9 Å². The molecule has 0 spiro atoms. The van der Waals surface area contributed by atoms with Crippen LogP contribution in [-0.4, -0.2) is 29.6 Å². The number of phenols is 1. The normalized spacial score (nSPS) is 11.7. The molecule has 1 amide bonds.